The predicted octanol–water partition coefficient (Wildman–Crippen LogP) is 2.38. The van der Waals surface area contributed by atoms with Crippen LogP contribution in [-0.4, -0.2) is 69.5 Å². The minimum Gasteiger partial charge on any atom is -0.419 e. The summed E-state index contributed by atoms with van der Waals surface area (Å²) in [7, 11) is 0. The number of amides is 2. The van der Waals surface area contributed by atoms with E-state index in [-0.39, 0.29) is 23.8 Å². The first kappa shape index (κ1) is 22.7. The molecule has 4 rings (SSSR count). The molecule has 0 bridgehead atoms. The Hall–Kier alpha value is -2.93. The van der Waals surface area contributed by atoms with E-state index in [0.717, 1.165) is 6.54 Å². The summed E-state index contributed by atoms with van der Waals surface area (Å²) in [5.74, 6) is 2.48. The van der Waals surface area contributed by atoms with Gasteiger partial charge in [-0.2, -0.15) is 0 Å². The normalized spacial score (nSPS) is 18.2. The average Bonchev–Trinajstić information content (AvgIpc) is 3.05. The minimum absolute atomic E-state index is 0. The molecule has 162 valence electrons. The fraction of sp³-hybridized carbons (Fsp3) is 0.350. The largest absolute Gasteiger partial charge is 0.419 e. The van der Waals surface area contributed by atoms with Crippen LogP contribution in [0.2, 0.25) is 5.02 Å². The Bertz CT molecular complexity index is 989. The van der Waals surface area contributed by atoms with Crippen molar-refractivity contribution in [3.8, 4) is 12.3 Å². The molecule has 9 nitrogen and oxygen atoms in total. The summed E-state index contributed by atoms with van der Waals surface area (Å²) < 4.78 is 5.73. The number of carbonyl (C=O) groups is 2. The van der Waals surface area contributed by atoms with Crippen LogP contribution in [-0.2, 0) is 4.74 Å². The highest BCUT2D eigenvalue weighted by Gasteiger charge is 2.44. The van der Waals surface area contributed by atoms with Crippen molar-refractivity contribution in [1.29, 1.82) is 0 Å². The van der Waals surface area contributed by atoms with Gasteiger partial charge in [0, 0.05) is 57.7 Å². The lowest BCUT2D eigenvalue weighted by atomic mass is 10.3. The maximum absolute atomic E-state index is 12.9. The lowest BCUT2D eigenvalue weighted by Gasteiger charge is -2.34. The van der Waals surface area contributed by atoms with Gasteiger partial charge in [0.05, 0.1) is 5.02 Å². The number of ether oxygens (including phenoxy) is 1. The Morgan fingerprint density at radius 1 is 1.19 bits per heavy atom. The van der Waals surface area contributed by atoms with Gasteiger partial charge in [-0.05, 0) is 12.1 Å². The molecular formula is C20H20Cl2N6O3. The quantitative estimate of drug-likeness (QED) is 0.643. The Morgan fingerprint density at radius 2 is 1.94 bits per heavy atom. The molecule has 2 aromatic rings. The van der Waals surface area contributed by atoms with E-state index in [9.17, 15) is 9.59 Å². The average molecular weight is 463 g/mol. The maximum atomic E-state index is 12.9. The fourth-order valence-corrected chi connectivity index (χ4v) is 3.54. The smallest absolute Gasteiger partial charge is 0.412 e. The van der Waals surface area contributed by atoms with Crippen molar-refractivity contribution >= 4 is 41.8 Å². The highest BCUT2D eigenvalue weighted by Crippen LogP contribution is 2.35. The van der Waals surface area contributed by atoms with Crippen LogP contribution in [0.15, 0.2) is 30.7 Å². The molecule has 1 fully saturated rings. The minimum atomic E-state index is -1.05. The summed E-state index contributed by atoms with van der Waals surface area (Å²) in [6, 6.07) is 3.19. The van der Waals surface area contributed by atoms with Gasteiger partial charge in [0.25, 0.3) is 5.91 Å². The molecule has 0 saturated carbocycles. The summed E-state index contributed by atoms with van der Waals surface area (Å²) in [5.41, 5.74) is 0.409. The molecule has 11 heteroatoms. The first-order valence-corrected chi connectivity index (χ1v) is 9.83. The molecule has 4 heterocycles. The zero-order valence-electron chi connectivity index (χ0n) is 16.5. The van der Waals surface area contributed by atoms with E-state index in [1.807, 2.05) is 0 Å². The van der Waals surface area contributed by atoms with Crippen molar-refractivity contribution in [2.75, 3.05) is 37.6 Å². The topological polar surface area (TPSA) is 91.8 Å². The first-order valence-electron chi connectivity index (χ1n) is 9.46. The van der Waals surface area contributed by atoms with E-state index >= 15 is 0 Å². The standard InChI is InChI=1S/C20H19ClN6O3.ClH/c1-2-3-8-25-9-11-26(12-10-25)20(29)30-19-17-16(22-6-7-23-17)18(28)27(19)15-5-4-14(21)13-24-15;/h1,4-7,13,19H,3,8-12H2;1H/t19-;/m0./s1. The molecule has 1 saturated heterocycles. The molecule has 2 aromatic heterocycles. The maximum Gasteiger partial charge on any atom is 0.412 e. The number of fused-ring (bicyclic) bond motifs is 1. The Kier molecular flexibility index (Phi) is 7.28. The number of terminal acetylenes is 1. The van der Waals surface area contributed by atoms with Gasteiger partial charge in [0.2, 0.25) is 6.23 Å². The molecule has 0 spiro atoms. The van der Waals surface area contributed by atoms with Crippen LogP contribution in [0.25, 0.3) is 0 Å². The second-order valence-corrected chi connectivity index (χ2v) is 7.26. The van der Waals surface area contributed by atoms with E-state index in [1.165, 1.54) is 23.5 Å². The van der Waals surface area contributed by atoms with Crippen molar-refractivity contribution in [3.05, 3.63) is 47.1 Å². The lowest BCUT2D eigenvalue weighted by molar-refractivity contribution is 0.0449. The van der Waals surface area contributed by atoms with Gasteiger partial charge in [0.1, 0.15) is 11.5 Å². The van der Waals surface area contributed by atoms with Crippen LogP contribution < -0.4 is 4.90 Å². The van der Waals surface area contributed by atoms with E-state index in [1.54, 1.807) is 17.0 Å². The molecule has 2 aliphatic rings. The third-order valence-corrected chi connectivity index (χ3v) is 5.21. The van der Waals surface area contributed by atoms with Gasteiger partial charge in [-0.25, -0.2) is 19.7 Å². The molecule has 2 amide bonds. The number of pyridine rings is 1. The molecule has 1 atom stereocenters. The van der Waals surface area contributed by atoms with E-state index in [0.29, 0.717) is 43.4 Å². The summed E-state index contributed by atoms with van der Waals surface area (Å²) in [6.07, 6.45) is 8.70. The third-order valence-electron chi connectivity index (χ3n) is 4.99. The van der Waals surface area contributed by atoms with Gasteiger partial charge in [-0.1, -0.05) is 11.6 Å². The number of halogens is 2. The van der Waals surface area contributed by atoms with Crippen molar-refractivity contribution in [3.63, 3.8) is 0 Å². The molecule has 2 aliphatic heterocycles. The predicted molar refractivity (Wildman–Crippen MR) is 116 cm³/mol. The monoisotopic (exact) mass is 462 g/mol. The van der Waals surface area contributed by atoms with Crippen LogP contribution in [0.5, 0.6) is 0 Å². The number of carbonyl (C=O) groups excluding carboxylic acids is 2. The molecule has 0 radical (unpaired) electrons. The van der Waals surface area contributed by atoms with Gasteiger partial charge >= 0.3 is 6.09 Å². The van der Waals surface area contributed by atoms with Crippen LogP contribution in [0, 0.1) is 12.3 Å². The highest BCUT2D eigenvalue weighted by atomic mass is 35.5. The Labute approximate surface area is 190 Å². The van der Waals surface area contributed by atoms with Gasteiger partial charge in [-0.3, -0.25) is 14.7 Å². The van der Waals surface area contributed by atoms with Crippen LogP contribution in [0.3, 0.4) is 0 Å². The SMILES string of the molecule is C#CCCN1CCN(C(=O)O[C@H]2c3nccnc3C(=O)N2c2ccc(Cl)cn2)CC1.Cl. The molecule has 0 aromatic carbocycles. The zero-order valence-corrected chi connectivity index (χ0v) is 18.1. The van der Waals surface area contributed by atoms with Crippen LogP contribution in [0.4, 0.5) is 10.6 Å². The zero-order chi connectivity index (χ0) is 21.1. The number of hydrogen-bond donors (Lipinski definition) is 0. The summed E-state index contributed by atoms with van der Waals surface area (Å²) in [6.45, 7) is 3.24. The Balaban J connectivity index is 0.00000272. The van der Waals surface area contributed by atoms with Crippen molar-refractivity contribution in [2.24, 2.45) is 0 Å². The number of piperazine rings is 1. The molecular weight excluding hydrogens is 443 g/mol. The summed E-state index contributed by atoms with van der Waals surface area (Å²) in [4.78, 5) is 43.4. The lowest BCUT2D eigenvalue weighted by Crippen LogP contribution is -2.49. The Morgan fingerprint density at radius 3 is 2.61 bits per heavy atom. The van der Waals surface area contributed by atoms with Gasteiger partial charge in [0.15, 0.2) is 5.69 Å². The molecule has 31 heavy (non-hydrogen) atoms. The number of hydrogen-bond acceptors (Lipinski definition) is 7. The third kappa shape index (κ3) is 4.71. The van der Waals surface area contributed by atoms with E-state index < -0.39 is 18.2 Å². The number of aromatic nitrogens is 3. The molecule has 0 aliphatic carbocycles. The fourth-order valence-electron chi connectivity index (χ4n) is 3.43. The van der Waals surface area contributed by atoms with Crippen molar-refractivity contribution < 1.29 is 14.3 Å². The number of rotatable bonds is 4. The molecule has 0 N–H and O–H groups in total. The summed E-state index contributed by atoms with van der Waals surface area (Å²) >= 11 is 5.91. The summed E-state index contributed by atoms with van der Waals surface area (Å²) in [5, 5.41) is 0.426. The van der Waals surface area contributed by atoms with Gasteiger partial charge in [-0.15, -0.1) is 24.8 Å². The van der Waals surface area contributed by atoms with Gasteiger partial charge < -0.3 is 9.64 Å². The van der Waals surface area contributed by atoms with E-state index in [4.69, 9.17) is 22.8 Å². The van der Waals surface area contributed by atoms with Crippen LogP contribution in [0.1, 0.15) is 28.8 Å². The van der Waals surface area contributed by atoms with Crippen LogP contribution >= 0.6 is 24.0 Å². The number of anilines is 1. The number of nitrogens with zero attached hydrogens (tertiary/aromatic N) is 6. The van der Waals surface area contributed by atoms with Crippen molar-refractivity contribution in [1.82, 2.24) is 24.8 Å². The second-order valence-electron chi connectivity index (χ2n) is 6.82. The molecule has 0 unspecified atom stereocenters. The van der Waals surface area contributed by atoms with Crippen molar-refractivity contribution in [2.45, 2.75) is 12.6 Å². The second kappa shape index (κ2) is 9.92. The van der Waals surface area contributed by atoms with E-state index in [2.05, 4.69) is 25.8 Å². The highest BCUT2D eigenvalue weighted by molar-refractivity contribution is 6.30. The first-order chi connectivity index (χ1) is 14.6.